The van der Waals surface area contributed by atoms with Crippen molar-refractivity contribution in [1.29, 1.82) is 0 Å². The van der Waals surface area contributed by atoms with Gasteiger partial charge in [0.15, 0.2) is 0 Å². The van der Waals surface area contributed by atoms with Crippen LogP contribution in [0.5, 0.6) is 0 Å². The molecule has 3 heterocycles. The van der Waals surface area contributed by atoms with E-state index in [1.165, 1.54) is 0 Å². The van der Waals surface area contributed by atoms with Gasteiger partial charge in [-0.05, 0) is 12.5 Å². The molecule has 15 heavy (non-hydrogen) atoms. The molecule has 0 N–H and O–H groups in total. The Morgan fingerprint density at radius 1 is 1.67 bits per heavy atom. The summed E-state index contributed by atoms with van der Waals surface area (Å²) in [5, 5.41) is 4.01. The quantitative estimate of drug-likeness (QED) is 0.653. The fraction of sp³-hybridized carbons (Fsp3) is 0.600. The lowest BCUT2D eigenvalue weighted by molar-refractivity contribution is 0.0252. The highest BCUT2D eigenvalue weighted by molar-refractivity contribution is 5.93. The van der Waals surface area contributed by atoms with Crippen molar-refractivity contribution in [3.8, 4) is 0 Å². The van der Waals surface area contributed by atoms with Gasteiger partial charge in [-0.15, -0.1) is 0 Å². The molecule has 0 saturated carbocycles. The number of ether oxygens (including phenoxy) is 1. The lowest BCUT2D eigenvalue weighted by Crippen LogP contribution is -2.42. The molecule has 2 fully saturated rings. The summed E-state index contributed by atoms with van der Waals surface area (Å²) in [5.74, 6) is 0.0748. The van der Waals surface area contributed by atoms with Gasteiger partial charge in [0.1, 0.15) is 5.69 Å². The van der Waals surface area contributed by atoms with Crippen molar-refractivity contribution in [1.82, 2.24) is 14.7 Å². The Labute approximate surface area is 87.6 Å². The second kappa shape index (κ2) is 3.06. The highest BCUT2D eigenvalue weighted by atomic mass is 16.5. The third kappa shape index (κ3) is 1.26. The molecule has 1 aromatic heterocycles. The Balaban J connectivity index is 1.84. The Hall–Kier alpha value is -1.36. The molecule has 2 aliphatic heterocycles. The Kier molecular flexibility index (Phi) is 1.82. The van der Waals surface area contributed by atoms with Crippen LogP contribution in [0.3, 0.4) is 0 Å². The van der Waals surface area contributed by atoms with E-state index < -0.39 is 0 Å². The van der Waals surface area contributed by atoms with Gasteiger partial charge in [0.05, 0.1) is 18.8 Å². The zero-order valence-electron chi connectivity index (χ0n) is 8.59. The lowest BCUT2D eigenvalue weighted by atomic mass is 10.2. The van der Waals surface area contributed by atoms with Crippen LogP contribution in [0.2, 0.25) is 0 Å². The van der Waals surface area contributed by atoms with Gasteiger partial charge in [-0.1, -0.05) is 0 Å². The fourth-order valence-corrected chi connectivity index (χ4v) is 2.38. The predicted molar refractivity (Wildman–Crippen MR) is 52.4 cm³/mol. The zero-order valence-corrected chi connectivity index (χ0v) is 8.59. The van der Waals surface area contributed by atoms with Crippen LogP contribution in [-0.4, -0.2) is 45.9 Å². The number of fused-ring (bicyclic) bond motifs is 2. The first-order valence-corrected chi connectivity index (χ1v) is 5.16. The van der Waals surface area contributed by atoms with Crippen molar-refractivity contribution in [2.45, 2.75) is 18.6 Å². The zero-order chi connectivity index (χ0) is 10.4. The van der Waals surface area contributed by atoms with Crippen LogP contribution in [0.15, 0.2) is 12.3 Å². The molecule has 0 spiro atoms. The maximum absolute atomic E-state index is 12.1. The van der Waals surface area contributed by atoms with Crippen LogP contribution in [0.1, 0.15) is 16.9 Å². The van der Waals surface area contributed by atoms with E-state index in [1.807, 2.05) is 4.90 Å². The average molecular weight is 207 g/mol. The largest absolute Gasteiger partial charge is 0.374 e. The third-order valence-corrected chi connectivity index (χ3v) is 3.20. The highest BCUT2D eigenvalue weighted by Crippen LogP contribution is 2.28. The van der Waals surface area contributed by atoms with Gasteiger partial charge in [0, 0.05) is 19.8 Å². The molecular weight excluding hydrogens is 194 g/mol. The molecule has 2 saturated heterocycles. The van der Waals surface area contributed by atoms with Gasteiger partial charge in [-0.2, -0.15) is 5.10 Å². The SMILES string of the molecule is Cn1nccc1C(=O)N1CC2CC1CO2. The predicted octanol–water partition coefficient (Wildman–Crippen LogP) is 0.0334. The minimum atomic E-state index is 0.0748. The molecule has 80 valence electrons. The number of hydrogen-bond acceptors (Lipinski definition) is 3. The number of aryl methyl sites for hydroxylation is 1. The minimum absolute atomic E-state index is 0.0748. The Morgan fingerprint density at radius 3 is 3.07 bits per heavy atom. The monoisotopic (exact) mass is 207 g/mol. The van der Waals surface area contributed by atoms with E-state index in [1.54, 1.807) is 24.0 Å². The first-order chi connectivity index (χ1) is 7.25. The number of morpholine rings is 1. The molecule has 2 atom stereocenters. The molecule has 2 aliphatic rings. The molecule has 0 aliphatic carbocycles. The summed E-state index contributed by atoms with van der Waals surface area (Å²) >= 11 is 0. The van der Waals surface area contributed by atoms with Crippen molar-refractivity contribution in [2.75, 3.05) is 13.2 Å². The molecule has 5 nitrogen and oxygen atoms in total. The summed E-state index contributed by atoms with van der Waals surface area (Å²) < 4.78 is 7.08. The lowest BCUT2D eigenvalue weighted by Gasteiger charge is -2.26. The third-order valence-electron chi connectivity index (χ3n) is 3.20. The van der Waals surface area contributed by atoms with Crippen molar-refractivity contribution in [3.63, 3.8) is 0 Å². The number of likely N-dealkylation sites (tertiary alicyclic amines) is 1. The summed E-state index contributed by atoms with van der Waals surface area (Å²) in [5.41, 5.74) is 0.655. The average Bonchev–Trinajstić information content (AvgIpc) is 2.91. The van der Waals surface area contributed by atoms with Crippen molar-refractivity contribution in [3.05, 3.63) is 18.0 Å². The Morgan fingerprint density at radius 2 is 2.53 bits per heavy atom. The van der Waals surface area contributed by atoms with Crippen LogP contribution in [0.4, 0.5) is 0 Å². The van der Waals surface area contributed by atoms with E-state index in [4.69, 9.17) is 4.74 Å². The van der Waals surface area contributed by atoms with Gasteiger partial charge >= 0.3 is 0 Å². The van der Waals surface area contributed by atoms with Crippen LogP contribution >= 0.6 is 0 Å². The number of rotatable bonds is 1. The normalized spacial score (nSPS) is 28.7. The van der Waals surface area contributed by atoms with Crippen LogP contribution in [-0.2, 0) is 11.8 Å². The maximum Gasteiger partial charge on any atom is 0.272 e. The summed E-state index contributed by atoms with van der Waals surface area (Å²) in [6.07, 6.45) is 2.90. The smallest absolute Gasteiger partial charge is 0.272 e. The molecule has 5 heteroatoms. The van der Waals surface area contributed by atoms with E-state index in [0.29, 0.717) is 12.3 Å². The number of nitrogens with zero attached hydrogens (tertiary/aromatic N) is 3. The summed E-state index contributed by atoms with van der Waals surface area (Å²) in [6, 6.07) is 2.03. The molecule has 3 rings (SSSR count). The van der Waals surface area contributed by atoms with Crippen molar-refractivity contribution in [2.24, 2.45) is 7.05 Å². The van der Waals surface area contributed by atoms with Crippen molar-refractivity contribution >= 4 is 5.91 Å². The first kappa shape index (κ1) is 8.91. The molecule has 2 bridgehead atoms. The van der Waals surface area contributed by atoms with Crippen molar-refractivity contribution < 1.29 is 9.53 Å². The van der Waals surface area contributed by atoms with Gasteiger partial charge in [0.25, 0.3) is 5.91 Å². The molecular formula is C10H13N3O2. The number of carbonyl (C=O) groups is 1. The maximum atomic E-state index is 12.1. The van der Waals surface area contributed by atoms with E-state index in [-0.39, 0.29) is 18.1 Å². The first-order valence-electron chi connectivity index (χ1n) is 5.16. The standard InChI is InChI=1S/C10H13N3O2/c1-12-9(2-3-11-12)10(14)13-5-8-4-7(13)6-15-8/h2-3,7-8H,4-6H2,1H3. The Bertz CT molecular complexity index is 401. The number of aromatic nitrogens is 2. The molecule has 0 aromatic carbocycles. The molecule has 1 amide bonds. The van der Waals surface area contributed by atoms with E-state index in [0.717, 1.165) is 13.0 Å². The summed E-state index contributed by atoms with van der Waals surface area (Å²) in [7, 11) is 1.79. The fourth-order valence-electron chi connectivity index (χ4n) is 2.38. The van der Waals surface area contributed by atoms with Crippen LogP contribution < -0.4 is 0 Å². The van der Waals surface area contributed by atoms with E-state index in [9.17, 15) is 4.79 Å². The second-order valence-corrected chi connectivity index (χ2v) is 4.14. The van der Waals surface area contributed by atoms with Gasteiger partial charge < -0.3 is 9.64 Å². The summed E-state index contributed by atoms with van der Waals surface area (Å²) in [6.45, 7) is 1.42. The van der Waals surface area contributed by atoms with Gasteiger partial charge in [-0.25, -0.2) is 0 Å². The van der Waals surface area contributed by atoms with Gasteiger partial charge in [-0.3, -0.25) is 9.48 Å². The second-order valence-electron chi connectivity index (χ2n) is 4.14. The van der Waals surface area contributed by atoms with E-state index >= 15 is 0 Å². The molecule has 0 radical (unpaired) electrons. The minimum Gasteiger partial charge on any atom is -0.374 e. The highest BCUT2D eigenvalue weighted by Gasteiger charge is 2.42. The van der Waals surface area contributed by atoms with Crippen LogP contribution in [0.25, 0.3) is 0 Å². The van der Waals surface area contributed by atoms with E-state index in [2.05, 4.69) is 5.10 Å². The number of carbonyl (C=O) groups excluding carboxylic acids is 1. The molecule has 2 unspecified atom stereocenters. The number of amides is 1. The summed E-state index contributed by atoms with van der Waals surface area (Å²) in [4.78, 5) is 14.0. The van der Waals surface area contributed by atoms with Crippen LogP contribution in [0, 0.1) is 0 Å². The molecule has 1 aromatic rings. The topological polar surface area (TPSA) is 47.4 Å². The van der Waals surface area contributed by atoms with Gasteiger partial charge in [0.2, 0.25) is 0 Å². The number of hydrogen-bond donors (Lipinski definition) is 0.